The summed E-state index contributed by atoms with van der Waals surface area (Å²) in [4.78, 5) is 11.2. The number of esters is 1. The standard InChI is InChI=1S/C18H20O3S/c1-12-7-8-17(13(2)9-12)20-10-16-15(11-22)5-4-6-18(16)21-14(3)19/h4-9,22H,10-11H2,1-3H3. The van der Waals surface area contributed by atoms with Gasteiger partial charge in [-0.3, -0.25) is 4.79 Å². The smallest absolute Gasteiger partial charge is 0.308 e. The van der Waals surface area contributed by atoms with E-state index in [0.717, 1.165) is 22.4 Å². The molecule has 0 amide bonds. The van der Waals surface area contributed by atoms with Crippen molar-refractivity contribution in [3.05, 3.63) is 58.7 Å². The second kappa shape index (κ2) is 7.36. The van der Waals surface area contributed by atoms with Crippen LogP contribution in [0.3, 0.4) is 0 Å². The Morgan fingerprint density at radius 1 is 1.14 bits per heavy atom. The molecule has 0 saturated carbocycles. The summed E-state index contributed by atoms with van der Waals surface area (Å²) in [5.74, 6) is 1.57. The van der Waals surface area contributed by atoms with E-state index in [1.54, 1.807) is 6.07 Å². The van der Waals surface area contributed by atoms with E-state index < -0.39 is 0 Å². The predicted molar refractivity (Wildman–Crippen MR) is 90.7 cm³/mol. The molecule has 0 radical (unpaired) electrons. The Morgan fingerprint density at radius 3 is 2.55 bits per heavy atom. The van der Waals surface area contributed by atoms with Crippen LogP contribution in [0.5, 0.6) is 11.5 Å². The van der Waals surface area contributed by atoms with Crippen LogP contribution in [-0.4, -0.2) is 5.97 Å². The first-order valence-corrected chi connectivity index (χ1v) is 7.74. The second-order valence-electron chi connectivity index (χ2n) is 5.20. The number of rotatable bonds is 5. The highest BCUT2D eigenvalue weighted by Crippen LogP contribution is 2.27. The first-order chi connectivity index (χ1) is 10.5. The summed E-state index contributed by atoms with van der Waals surface area (Å²) in [5.41, 5.74) is 4.12. The van der Waals surface area contributed by atoms with Crippen molar-refractivity contribution < 1.29 is 14.3 Å². The van der Waals surface area contributed by atoms with Crippen molar-refractivity contribution in [1.82, 2.24) is 0 Å². The van der Waals surface area contributed by atoms with Gasteiger partial charge in [-0.2, -0.15) is 12.6 Å². The maximum Gasteiger partial charge on any atom is 0.308 e. The molecule has 116 valence electrons. The van der Waals surface area contributed by atoms with Crippen LogP contribution in [0.2, 0.25) is 0 Å². The maximum atomic E-state index is 11.2. The van der Waals surface area contributed by atoms with E-state index in [2.05, 4.69) is 18.7 Å². The van der Waals surface area contributed by atoms with Gasteiger partial charge in [0.25, 0.3) is 0 Å². The molecule has 4 heteroatoms. The van der Waals surface area contributed by atoms with Crippen LogP contribution in [0.25, 0.3) is 0 Å². The Bertz CT molecular complexity index is 680. The average Bonchev–Trinajstić information content (AvgIpc) is 2.46. The van der Waals surface area contributed by atoms with Crippen molar-refractivity contribution in [2.24, 2.45) is 0 Å². The molecule has 0 aliphatic rings. The topological polar surface area (TPSA) is 35.5 Å². The first-order valence-electron chi connectivity index (χ1n) is 7.11. The van der Waals surface area contributed by atoms with Crippen molar-refractivity contribution in [2.75, 3.05) is 0 Å². The third-order valence-corrected chi connectivity index (χ3v) is 3.70. The molecule has 0 unspecified atom stereocenters. The third kappa shape index (κ3) is 4.04. The highest BCUT2D eigenvalue weighted by molar-refractivity contribution is 7.79. The SMILES string of the molecule is CC(=O)Oc1cccc(CS)c1COc1ccc(C)cc1C. The number of aryl methyl sites for hydroxylation is 2. The minimum atomic E-state index is -0.343. The van der Waals surface area contributed by atoms with Gasteiger partial charge < -0.3 is 9.47 Å². The Labute approximate surface area is 136 Å². The number of benzene rings is 2. The second-order valence-corrected chi connectivity index (χ2v) is 5.52. The largest absolute Gasteiger partial charge is 0.488 e. The molecule has 0 aromatic heterocycles. The minimum Gasteiger partial charge on any atom is -0.488 e. The van der Waals surface area contributed by atoms with Gasteiger partial charge in [0, 0.05) is 18.2 Å². The van der Waals surface area contributed by atoms with E-state index in [-0.39, 0.29) is 5.97 Å². The van der Waals surface area contributed by atoms with Gasteiger partial charge in [-0.1, -0.05) is 29.8 Å². The number of thiol groups is 1. The molecule has 0 aliphatic carbocycles. The van der Waals surface area contributed by atoms with E-state index in [0.29, 0.717) is 18.1 Å². The lowest BCUT2D eigenvalue weighted by Crippen LogP contribution is -2.08. The van der Waals surface area contributed by atoms with E-state index in [4.69, 9.17) is 9.47 Å². The molecule has 0 saturated heterocycles. The maximum absolute atomic E-state index is 11.2. The van der Waals surface area contributed by atoms with Crippen molar-refractivity contribution in [3.8, 4) is 11.5 Å². The summed E-state index contributed by atoms with van der Waals surface area (Å²) in [6.07, 6.45) is 0. The van der Waals surface area contributed by atoms with Gasteiger partial charge in [-0.25, -0.2) is 0 Å². The lowest BCUT2D eigenvalue weighted by atomic mass is 10.1. The van der Waals surface area contributed by atoms with E-state index >= 15 is 0 Å². The van der Waals surface area contributed by atoms with Gasteiger partial charge in [0.2, 0.25) is 0 Å². The van der Waals surface area contributed by atoms with Crippen LogP contribution in [-0.2, 0) is 17.2 Å². The summed E-state index contributed by atoms with van der Waals surface area (Å²) < 4.78 is 11.2. The lowest BCUT2D eigenvalue weighted by molar-refractivity contribution is -0.131. The zero-order valence-electron chi connectivity index (χ0n) is 13.1. The van der Waals surface area contributed by atoms with Crippen LogP contribution in [0.4, 0.5) is 0 Å². The fourth-order valence-corrected chi connectivity index (χ4v) is 2.58. The summed E-state index contributed by atoms with van der Waals surface area (Å²) in [6, 6.07) is 11.6. The summed E-state index contributed by atoms with van der Waals surface area (Å²) in [6.45, 7) is 5.79. The van der Waals surface area contributed by atoms with Crippen molar-refractivity contribution in [1.29, 1.82) is 0 Å². The molecule has 2 aromatic rings. The van der Waals surface area contributed by atoms with E-state index in [1.807, 2.05) is 38.1 Å². The number of carbonyl (C=O) groups is 1. The molecule has 0 bridgehead atoms. The monoisotopic (exact) mass is 316 g/mol. The molecule has 2 aromatic carbocycles. The molecule has 2 rings (SSSR count). The third-order valence-electron chi connectivity index (χ3n) is 3.36. The van der Waals surface area contributed by atoms with Crippen LogP contribution in [0, 0.1) is 13.8 Å². The fourth-order valence-electron chi connectivity index (χ4n) is 2.28. The molecular formula is C18H20O3S. The number of ether oxygens (including phenoxy) is 2. The van der Waals surface area contributed by atoms with E-state index in [9.17, 15) is 4.79 Å². The van der Waals surface area contributed by atoms with Crippen molar-refractivity contribution in [3.63, 3.8) is 0 Å². The Kier molecular flexibility index (Phi) is 5.50. The number of carbonyl (C=O) groups excluding carboxylic acids is 1. The quantitative estimate of drug-likeness (QED) is 0.509. The first kappa shape index (κ1) is 16.4. The molecule has 0 atom stereocenters. The molecule has 3 nitrogen and oxygen atoms in total. The number of hydrogen-bond donors (Lipinski definition) is 1. The highest BCUT2D eigenvalue weighted by atomic mass is 32.1. The van der Waals surface area contributed by atoms with Gasteiger partial charge in [-0.15, -0.1) is 0 Å². The Morgan fingerprint density at radius 2 is 1.91 bits per heavy atom. The minimum absolute atomic E-state index is 0.337. The Hall–Kier alpha value is -1.94. The number of hydrogen-bond acceptors (Lipinski definition) is 4. The van der Waals surface area contributed by atoms with Crippen LogP contribution < -0.4 is 9.47 Å². The van der Waals surface area contributed by atoms with Gasteiger partial charge in [-0.05, 0) is 37.1 Å². The molecule has 22 heavy (non-hydrogen) atoms. The van der Waals surface area contributed by atoms with Crippen LogP contribution >= 0.6 is 12.6 Å². The normalized spacial score (nSPS) is 10.4. The molecule has 0 aliphatic heterocycles. The zero-order valence-corrected chi connectivity index (χ0v) is 13.9. The summed E-state index contributed by atoms with van der Waals surface area (Å²) in [5, 5.41) is 0. The summed E-state index contributed by atoms with van der Waals surface area (Å²) in [7, 11) is 0. The average molecular weight is 316 g/mol. The molecule has 0 spiro atoms. The van der Waals surface area contributed by atoms with Crippen molar-refractivity contribution >= 4 is 18.6 Å². The highest BCUT2D eigenvalue weighted by Gasteiger charge is 2.12. The van der Waals surface area contributed by atoms with Crippen LogP contribution in [0.15, 0.2) is 36.4 Å². The van der Waals surface area contributed by atoms with Crippen LogP contribution in [0.1, 0.15) is 29.2 Å². The van der Waals surface area contributed by atoms with E-state index in [1.165, 1.54) is 12.5 Å². The van der Waals surface area contributed by atoms with Gasteiger partial charge in [0.15, 0.2) is 0 Å². The molecule has 0 fully saturated rings. The summed E-state index contributed by atoms with van der Waals surface area (Å²) >= 11 is 4.34. The fraction of sp³-hybridized carbons (Fsp3) is 0.278. The lowest BCUT2D eigenvalue weighted by Gasteiger charge is -2.15. The van der Waals surface area contributed by atoms with Gasteiger partial charge in [0.05, 0.1) is 0 Å². The van der Waals surface area contributed by atoms with Crippen molar-refractivity contribution in [2.45, 2.75) is 33.1 Å². The zero-order chi connectivity index (χ0) is 16.1. The molecule has 0 N–H and O–H groups in total. The Balaban J connectivity index is 2.25. The van der Waals surface area contributed by atoms with Gasteiger partial charge in [0.1, 0.15) is 18.1 Å². The molecule has 0 heterocycles. The van der Waals surface area contributed by atoms with Gasteiger partial charge >= 0.3 is 5.97 Å². The molecular weight excluding hydrogens is 296 g/mol. The predicted octanol–water partition coefficient (Wildman–Crippen LogP) is 4.24.